The van der Waals surface area contributed by atoms with E-state index >= 15 is 0 Å². The van der Waals surface area contributed by atoms with E-state index in [0.717, 1.165) is 24.8 Å². The molecule has 1 heterocycles. The van der Waals surface area contributed by atoms with Gasteiger partial charge in [-0.2, -0.15) is 13.2 Å². The summed E-state index contributed by atoms with van der Waals surface area (Å²) in [6.45, 7) is 1.76. The van der Waals surface area contributed by atoms with E-state index in [1.54, 1.807) is 37.3 Å². The second kappa shape index (κ2) is 9.85. The van der Waals surface area contributed by atoms with Crippen LogP contribution in [0, 0.1) is 12.7 Å². The van der Waals surface area contributed by atoms with Gasteiger partial charge in [0.1, 0.15) is 16.8 Å². The topological polar surface area (TPSA) is 76.2 Å². The average Bonchev–Trinajstić information content (AvgIpc) is 3.25. The summed E-state index contributed by atoms with van der Waals surface area (Å²) in [5.41, 5.74) is -2.14. The monoisotopic (exact) mass is 531 g/mol. The summed E-state index contributed by atoms with van der Waals surface area (Å²) in [6.07, 6.45) is -5.06. The van der Waals surface area contributed by atoms with E-state index in [0.29, 0.717) is 0 Å². The fourth-order valence-corrected chi connectivity index (χ4v) is 5.93. The van der Waals surface area contributed by atoms with Crippen molar-refractivity contribution in [2.45, 2.75) is 23.2 Å². The summed E-state index contributed by atoms with van der Waals surface area (Å²) < 4.78 is 89.0. The van der Waals surface area contributed by atoms with Gasteiger partial charge in [-0.3, -0.25) is 0 Å². The van der Waals surface area contributed by atoms with Crippen molar-refractivity contribution in [1.29, 1.82) is 0 Å². The predicted molar refractivity (Wildman–Crippen MR) is 129 cm³/mol. The van der Waals surface area contributed by atoms with Crippen LogP contribution in [0.5, 0.6) is 0 Å². The van der Waals surface area contributed by atoms with Crippen LogP contribution in [0.2, 0.25) is 0 Å². The number of halogens is 4. The number of methoxy groups -OCH3 is 1. The number of rotatable bonds is 6. The van der Waals surface area contributed by atoms with E-state index in [1.165, 1.54) is 36.4 Å². The molecule has 0 saturated heterocycles. The highest BCUT2D eigenvalue weighted by atomic mass is 32.2. The minimum Gasteiger partial charge on any atom is -0.465 e. The van der Waals surface area contributed by atoms with Gasteiger partial charge in [0, 0.05) is 11.3 Å². The molecule has 1 unspecified atom stereocenters. The van der Waals surface area contributed by atoms with Crippen LogP contribution in [0.4, 0.5) is 17.6 Å². The van der Waals surface area contributed by atoms with Crippen LogP contribution in [-0.4, -0.2) is 26.5 Å². The fraction of sp³-hybridized carbons (Fsp3) is 0.148. The predicted octanol–water partition coefficient (Wildman–Crippen LogP) is 6.50. The third kappa shape index (κ3) is 5.01. The number of aromatic amines is 1. The molecule has 0 aliphatic carbocycles. The lowest BCUT2D eigenvalue weighted by atomic mass is 9.96. The molecule has 3 aromatic carbocycles. The maximum absolute atomic E-state index is 14.2. The molecular weight excluding hydrogens is 510 g/mol. The number of hydrogen-bond donors (Lipinski definition) is 1. The van der Waals surface area contributed by atoms with Crippen molar-refractivity contribution < 1.29 is 35.5 Å². The first kappa shape index (κ1) is 26.2. The molecule has 1 atom stereocenters. The maximum atomic E-state index is 14.2. The highest BCUT2D eigenvalue weighted by Crippen LogP contribution is 2.45. The van der Waals surface area contributed by atoms with E-state index in [-0.39, 0.29) is 21.6 Å². The fourth-order valence-electron chi connectivity index (χ4n) is 4.14. The first-order chi connectivity index (χ1) is 17.4. The van der Waals surface area contributed by atoms with E-state index in [1.807, 2.05) is 0 Å². The molecule has 0 spiro atoms. The zero-order valence-electron chi connectivity index (χ0n) is 19.6. The van der Waals surface area contributed by atoms with Gasteiger partial charge in [0.25, 0.3) is 0 Å². The molecule has 1 aromatic heterocycles. The SMILES string of the molecule is COC(=O)c1c(C(F)(F)F)[nH]c(C(c2ccccc2)S(=O)(=O)c2ccc(C)cc2)c1-c1ccc(F)cc1. The van der Waals surface area contributed by atoms with Gasteiger partial charge in [0.15, 0.2) is 9.84 Å². The molecule has 10 heteroatoms. The van der Waals surface area contributed by atoms with Crippen LogP contribution >= 0.6 is 0 Å². The number of aromatic nitrogens is 1. The van der Waals surface area contributed by atoms with Crippen LogP contribution < -0.4 is 0 Å². The first-order valence-electron chi connectivity index (χ1n) is 11.0. The lowest BCUT2D eigenvalue weighted by molar-refractivity contribution is -0.141. The normalized spacial score (nSPS) is 12.8. The van der Waals surface area contributed by atoms with Gasteiger partial charge >= 0.3 is 12.1 Å². The molecule has 4 rings (SSSR count). The van der Waals surface area contributed by atoms with E-state index < -0.39 is 50.0 Å². The quantitative estimate of drug-likeness (QED) is 0.228. The average molecular weight is 532 g/mol. The number of H-pyrrole nitrogens is 1. The Morgan fingerprint density at radius 1 is 0.919 bits per heavy atom. The number of sulfone groups is 1. The highest BCUT2D eigenvalue weighted by molar-refractivity contribution is 7.92. The Labute approximate surface area is 210 Å². The minimum atomic E-state index is -5.06. The van der Waals surface area contributed by atoms with Gasteiger partial charge in [-0.05, 0) is 42.3 Å². The molecule has 0 fully saturated rings. The van der Waals surface area contributed by atoms with Gasteiger partial charge < -0.3 is 9.72 Å². The third-order valence-corrected chi connectivity index (χ3v) is 7.92. The van der Waals surface area contributed by atoms with E-state index in [2.05, 4.69) is 9.72 Å². The summed E-state index contributed by atoms with van der Waals surface area (Å²) in [7, 11) is -3.45. The summed E-state index contributed by atoms with van der Waals surface area (Å²) in [6, 6.07) is 17.9. The molecule has 1 N–H and O–H groups in total. The second-order valence-corrected chi connectivity index (χ2v) is 10.3. The molecule has 192 valence electrons. The lowest BCUT2D eigenvalue weighted by Crippen LogP contribution is -2.17. The van der Waals surface area contributed by atoms with Crippen molar-refractivity contribution in [1.82, 2.24) is 4.98 Å². The summed E-state index contributed by atoms with van der Waals surface area (Å²) >= 11 is 0. The number of carbonyl (C=O) groups excluding carboxylic acids is 1. The Hall–Kier alpha value is -3.92. The summed E-state index contributed by atoms with van der Waals surface area (Å²) in [4.78, 5) is 14.8. The first-order valence-corrected chi connectivity index (χ1v) is 12.5. The molecule has 0 aliphatic heterocycles. The number of nitrogens with one attached hydrogen (secondary N) is 1. The van der Waals surface area contributed by atoms with Crippen molar-refractivity contribution in [3.63, 3.8) is 0 Å². The Bertz CT molecular complexity index is 1530. The molecule has 0 saturated carbocycles. The van der Waals surface area contributed by atoms with Gasteiger partial charge in [0.05, 0.1) is 17.6 Å². The molecular formula is C27H21F4NO4S. The van der Waals surface area contributed by atoms with Gasteiger partial charge in [-0.25, -0.2) is 17.6 Å². The lowest BCUT2D eigenvalue weighted by Gasteiger charge is -2.20. The van der Waals surface area contributed by atoms with E-state index in [4.69, 9.17) is 0 Å². The zero-order valence-corrected chi connectivity index (χ0v) is 20.5. The molecule has 37 heavy (non-hydrogen) atoms. The van der Waals surface area contributed by atoms with Crippen LogP contribution in [0.15, 0.2) is 83.8 Å². The largest absolute Gasteiger partial charge is 0.465 e. The summed E-state index contributed by atoms with van der Waals surface area (Å²) in [5, 5.41) is -1.67. The smallest absolute Gasteiger partial charge is 0.432 e. The summed E-state index contributed by atoms with van der Waals surface area (Å²) in [5.74, 6) is -1.99. The van der Waals surface area contributed by atoms with Crippen LogP contribution in [0.1, 0.15) is 38.1 Å². The molecule has 0 aliphatic rings. The highest BCUT2D eigenvalue weighted by Gasteiger charge is 2.44. The van der Waals surface area contributed by atoms with Crippen LogP contribution in [0.3, 0.4) is 0 Å². The number of esters is 1. The van der Waals surface area contributed by atoms with Crippen LogP contribution in [-0.2, 0) is 20.8 Å². The minimum absolute atomic E-state index is 0.00332. The van der Waals surface area contributed by atoms with Gasteiger partial charge in [0.2, 0.25) is 0 Å². The number of carbonyl (C=O) groups is 1. The van der Waals surface area contributed by atoms with Gasteiger partial charge in [-0.15, -0.1) is 0 Å². The van der Waals surface area contributed by atoms with Crippen molar-refractivity contribution >= 4 is 15.8 Å². The van der Waals surface area contributed by atoms with Crippen molar-refractivity contribution in [3.8, 4) is 11.1 Å². The third-order valence-electron chi connectivity index (χ3n) is 5.86. The van der Waals surface area contributed by atoms with Crippen molar-refractivity contribution in [3.05, 3.63) is 113 Å². The standard InChI is InChI=1S/C27H21F4NO4S/c1-16-8-14-20(15-9-16)37(34,35)24(18-6-4-3-5-7-18)23-21(17-10-12-19(28)13-11-17)22(26(33)36-2)25(32-23)27(29,30)31/h3-15,24,32H,1-2H3. The number of aryl methyl sites for hydroxylation is 1. The molecule has 0 amide bonds. The van der Waals surface area contributed by atoms with Crippen molar-refractivity contribution in [2.75, 3.05) is 7.11 Å². The van der Waals surface area contributed by atoms with Crippen molar-refractivity contribution in [2.24, 2.45) is 0 Å². The maximum Gasteiger partial charge on any atom is 0.432 e. The molecule has 4 aromatic rings. The second-order valence-electron chi connectivity index (χ2n) is 8.31. The molecule has 0 bridgehead atoms. The van der Waals surface area contributed by atoms with Crippen LogP contribution in [0.25, 0.3) is 11.1 Å². The Morgan fingerprint density at radius 2 is 1.51 bits per heavy atom. The number of hydrogen-bond acceptors (Lipinski definition) is 4. The number of alkyl halides is 3. The molecule has 5 nitrogen and oxygen atoms in total. The Morgan fingerprint density at radius 3 is 2.05 bits per heavy atom. The Kier molecular flexibility index (Phi) is 6.96. The zero-order chi connectivity index (χ0) is 27.0. The van der Waals surface area contributed by atoms with E-state index in [9.17, 15) is 30.8 Å². The number of ether oxygens (including phenoxy) is 1. The van der Waals surface area contributed by atoms with Gasteiger partial charge in [-0.1, -0.05) is 60.2 Å². The number of benzene rings is 3. The molecule has 0 radical (unpaired) electrons. The Balaban J connectivity index is 2.14.